The molecule has 0 aromatic rings. The Hall–Kier alpha value is -1.63. The molecule has 0 aromatic heterocycles. The molecule has 0 unspecified atom stereocenters. The maximum atomic E-state index is 13.7. The topological polar surface area (TPSA) is 70.2 Å². The van der Waals surface area contributed by atoms with Crippen molar-refractivity contribution in [2.45, 2.75) is 57.9 Å². The van der Waals surface area contributed by atoms with E-state index >= 15 is 0 Å². The van der Waals surface area contributed by atoms with Crippen molar-refractivity contribution in [2.24, 2.45) is 10.8 Å². The number of rotatable bonds is 5. The van der Waals surface area contributed by atoms with E-state index in [1.807, 2.05) is 21.6 Å². The van der Waals surface area contributed by atoms with Crippen LogP contribution in [0.15, 0.2) is 0 Å². The average Bonchev–Trinajstić information content (AvgIpc) is 3.22. The molecule has 7 heteroatoms. The fourth-order valence-corrected chi connectivity index (χ4v) is 5.41. The number of hydrogen-bond donors (Lipinski definition) is 0. The Morgan fingerprint density at radius 3 is 2.43 bits per heavy atom. The molecule has 0 spiro atoms. The third kappa shape index (κ3) is 3.21. The molecular weight excluding hydrogens is 358 g/mol. The summed E-state index contributed by atoms with van der Waals surface area (Å²) in [5.41, 5.74) is -0.893. The van der Waals surface area contributed by atoms with Gasteiger partial charge in [0.1, 0.15) is 0 Å². The van der Waals surface area contributed by atoms with Gasteiger partial charge in [0.25, 0.3) is 0 Å². The quantitative estimate of drug-likeness (QED) is 0.708. The highest BCUT2D eigenvalue weighted by Gasteiger charge is 2.58. The number of hydrogen-bond acceptors (Lipinski definition) is 4. The number of fused-ring (bicyclic) bond motifs is 1. The van der Waals surface area contributed by atoms with Crippen molar-refractivity contribution < 1.29 is 19.1 Å². The van der Waals surface area contributed by atoms with Crippen molar-refractivity contribution in [3.8, 4) is 0 Å². The Labute approximate surface area is 167 Å². The van der Waals surface area contributed by atoms with Gasteiger partial charge < -0.3 is 19.4 Å². The average molecular weight is 392 g/mol. The zero-order valence-corrected chi connectivity index (χ0v) is 17.2. The van der Waals surface area contributed by atoms with E-state index in [9.17, 15) is 14.4 Å². The smallest absolute Gasteiger partial charge is 0.232 e. The SMILES string of the molecule is COCCN1C(=O)CC[C@]2(C(=O)N3CCCC3)CN(C(=O)C3(C)CC3)CC[C@@H]12. The summed E-state index contributed by atoms with van der Waals surface area (Å²) in [6.45, 7) is 5.70. The molecule has 1 aliphatic carbocycles. The predicted molar refractivity (Wildman–Crippen MR) is 103 cm³/mol. The molecule has 4 fully saturated rings. The molecule has 0 N–H and O–H groups in total. The van der Waals surface area contributed by atoms with Crippen molar-refractivity contribution in [1.82, 2.24) is 14.7 Å². The first-order valence-corrected chi connectivity index (χ1v) is 10.8. The van der Waals surface area contributed by atoms with Crippen LogP contribution in [0.25, 0.3) is 0 Å². The maximum Gasteiger partial charge on any atom is 0.232 e. The summed E-state index contributed by atoms with van der Waals surface area (Å²) in [6.07, 6.45) is 5.57. The fraction of sp³-hybridized carbons (Fsp3) is 0.857. The molecular formula is C21H33N3O4. The molecule has 4 aliphatic rings. The molecule has 7 nitrogen and oxygen atoms in total. The van der Waals surface area contributed by atoms with Gasteiger partial charge in [-0.2, -0.15) is 0 Å². The van der Waals surface area contributed by atoms with Crippen LogP contribution < -0.4 is 0 Å². The molecule has 28 heavy (non-hydrogen) atoms. The highest BCUT2D eigenvalue weighted by molar-refractivity contribution is 5.90. The number of ether oxygens (including phenoxy) is 1. The Morgan fingerprint density at radius 2 is 1.79 bits per heavy atom. The molecule has 3 saturated heterocycles. The van der Waals surface area contributed by atoms with E-state index in [2.05, 4.69) is 0 Å². The summed E-state index contributed by atoms with van der Waals surface area (Å²) < 4.78 is 5.22. The molecule has 0 bridgehead atoms. The van der Waals surface area contributed by atoms with Crippen LogP contribution in [0, 0.1) is 10.8 Å². The van der Waals surface area contributed by atoms with Crippen LogP contribution in [-0.4, -0.2) is 84.9 Å². The largest absolute Gasteiger partial charge is 0.383 e. The van der Waals surface area contributed by atoms with Crippen LogP contribution >= 0.6 is 0 Å². The number of amides is 3. The number of carbonyl (C=O) groups is 3. The molecule has 4 rings (SSSR count). The minimum Gasteiger partial charge on any atom is -0.383 e. The normalized spacial score (nSPS) is 31.7. The minimum absolute atomic E-state index is 0.112. The molecule has 3 aliphatic heterocycles. The summed E-state index contributed by atoms with van der Waals surface area (Å²) >= 11 is 0. The van der Waals surface area contributed by atoms with Gasteiger partial charge in [-0.15, -0.1) is 0 Å². The van der Waals surface area contributed by atoms with Crippen molar-refractivity contribution in [2.75, 3.05) is 46.4 Å². The van der Waals surface area contributed by atoms with Gasteiger partial charge in [0.15, 0.2) is 0 Å². The Balaban J connectivity index is 1.63. The summed E-state index contributed by atoms with van der Waals surface area (Å²) in [6, 6.07) is -0.131. The summed E-state index contributed by atoms with van der Waals surface area (Å²) in [5, 5.41) is 0. The van der Waals surface area contributed by atoms with E-state index in [4.69, 9.17) is 4.74 Å². The molecule has 3 heterocycles. The minimum atomic E-state index is -0.662. The lowest BCUT2D eigenvalue weighted by molar-refractivity contribution is -0.168. The highest BCUT2D eigenvalue weighted by Crippen LogP contribution is 2.49. The monoisotopic (exact) mass is 391 g/mol. The van der Waals surface area contributed by atoms with Gasteiger partial charge in [-0.3, -0.25) is 14.4 Å². The molecule has 0 radical (unpaired) electrons. The van der Waals surface area contributed by atoms with E-state index in [0.717, 1.165) is 38.8 Å². The van der Waals surface area contributed by atoms with Crippen molar-refractivity contribution in [3.05, 3.63) is 0 Å². The molecule has 1 saturated carbocycles. The van der Waals surface area contributed by atoms with Crippen LogP contribution in [0.3, 0.4) is 0 Å². The molecule has 2 atom stereocenters. The Bertz CT molecular complexity index is 656. The third-order valence-corrected chi connectivity index (χ3v) is 7.42. The summed E-state index contributed by atoms with van der Waals surface area (Å²) in [7, 11) is 1.63. The lowest BCUT2D eigenvalue weighted by atomic mass is 9.67. The molecule has 3 amide bonds. The maximum absolute atomic E-state index is 13.7. The highest BCUT2D eigenvalue weighted by atomic mass is 16.5. The van der Waals surface area contributed by atoms with E-state index in [1.54, 1.807) is 7.11 Å². The number of methoxy groups -OCH3 is 1. The van der Waals surface area contributed by atoms with Crippen molar-refractivity contribution >= 4 is 17.7 Å². The van der Waals surface area contributed by atoms with Crippen LogP contribution in [-0.2, 0) is 19.1 Å². The zero-order valence-electron chi connectivity index (χ0n) is 17.2. The van der Waals surface area contributed by atoms with Gasteiger partial charge in [-0.25, -0.2) is 0 Å². The lowest BCUT2D eigenvalue weighted by Crippen LogP contribution is -2.68. The lowest BCUT2D eigenvalue weighted by Gasteiger charge is -2.55. The van der Waals surface area contributed by atoms with Crippen LogP contribution in [0.1, 0.15) is 51.9 Å². The summed E-state index contributed by atoms with van der Waals surface area (Å²) in [4.78, 5) is 45.3. The first-order chi connectivity index (χ1) is 13.4. The Morgan fingerprint density at radius 1 is 1.07 bits per heavy atom. The first kappa shape index (κ1) is 19.7. The van der Waals surface area contributed by atoms with Gasteiger partial charge in [-0.05, 0) is 38.5 Å². The van der Waals surface area contributed by atoms with Gasteiger partial charge in [0, 0.05) is 57.7 Å². The fourth-order valence-electron chi connectivity index (χ4n) is 5.41. The molecule has 0 aromatic carbocycles. The molecule has 156 valence electrons. The number of piperidine rings is 2. The van der Waals surface area contributed by atoms with E-state index in [1.165, 1.54) is 0 Å². The predicted octanol–water partition coefficient (Wildman–Crippen LogP) is 1.26. The first-order valence-electron chi connectivity index (χ1n) is 10.8. The second-order valence-electron chi connectivity index (χ2n) is 9.33. The standard InChI is InChI=1S/C21H33N3O4/c1-20(8-9-20)18(26)23-12-6-16-21(15-23,19(27)22-10-3-4-11-22)7-5-17(25)24(16)13-14-28-2/h16H,3-15H2,1-2H3/t16-,21+/m1/s1. The van der Waals surface area contributed by atoms with Gasteiger partial charge in [0.2, 0.25) is 17.7 Å². The van der Waals surface area contributed by atoms with Crippen molar-refractivity contribution in [3.63, 3.8) is 0 Å². The van der Waals surface area contributed by atoms with Crippen LogP contribution in [0.4, 0.5) is 0 Å². The van der Waals surface area contributed by atoms with Gasteiger partial charge >= 0.3 is 0 Å². The van der Waals surface area contributed by atoms with Gasteiger partial charge in [0.05, 0.1) is 12.0 Å². The number of likely N-dealkylation sites (tertiary alicyclic amines) is 3. The van der Waals surface area contributed by atoms with Crippen molar-refractivity contribution in [1.29, 1.82) is 0 Å². The van der Waals surface area contributed by atoms with E-state index < -0.39 is 5.41 Å². The van der Waals surface area contributed by atoms with Crippen LogP contribution in [0.5, 0.6) is 0 Å². The number of carbonyl (C=O) groups excluding carboxylic acids is 3. The second-order valence-corrected chi connectivity index (χ2v) is 9.33. The van der Waals surface area contributed by atoms with E-state index in [0.29, 0.717) is 45.5 Å². The van der Waals surface area contributed by atoms with E-state index in [-0.39, 0.29) is 29.2 Å². The zero-order chi connectivity index (χ0) is 19.9. The van der Waals surface area contributed by atoms with Gasteiger partial charge in [-0.1, -0.05) is 6.92 Å². The number of nitrogens with zero attached hydrogens (tertiary/aromatic N) is 3. The Kier molecular flexibility index (Phi) is 5.14. The summed E-state index contributed by atoms with van der Waals surface area (Å²) in [5.74, 6) is 0.462. The second kappa shape index (κ2) is 7.32. The van der Waals surface area contributed by atoms with Crippen LogP contribution in [0.2, 0.25) is 0 Å². The third-order valence-electron chi connectivity index (χ3n) is 7.42.